The number of pyridine rings is 2. The van der Waals surface area contributed by atoms with Crippen LogP contribution in [-0.2, 0) is 13.5 Å². The number of hydrogen-bond acceptors (Lipinski definition) is 1. The van der Waals surface area contributed by atoms with E-state index in [0.717, 1.165) is 12.1 Å². The summed E-state index contributed by atoms with van der Waals surface area (Å²) in [5.41, 5.74) is 10.1. The molecule has 0 bridgehead atoms. The number of benzene rings is 2. The van der Waals surface area contributed by atoms with Crippen molar-refractivity contribution in [3.63, 3.8) is 0 Å². The van der Waals surface area contributed by atoms with Gasteiger partial charge in [0.25, 0.3) is 0 Å². The summed E-state index contributed by atoms with van der Waals surface area (Å²) in [5, 5.41) is 2.51. The Morgan fingerprint density at radius 2 is 1.73 bits per heavy atom. The average molecular weight is 396 g/mol. The fraction of sp³-hybridized carbons (Fsp3) is 0.286. The molecule has 152 valence electrons. The van der Waals surface area contributed by atoms with Crippen LogP contribution < -0.4 is 4.57 Å². The van der Waals surface area contributed by atoms with Gasteiger partial charge in [0.1, 0.15) is 7.05 Å². The molecule has 0 unspecified atom stereocenters. The van der Waals surface area contributed by atoms with Crippen molar-refractivity contribution in [2.24, 2.45) is 13.0 Å². The molecular formula is C28H31N2+. The van der Waals surface area contributed by atoms with Crippen LogP contribution in [0, 0.1) is 26.7 Å². The molecule has 0 amide bonds. The van der Waals surface area contributed by atoms with Crippen molar-refractivity contribution in [2.45, 2.75) is 41.0 Å². The molecule has 2 heteroatoms. The number of aromatic nitrogens is 2. The highest BCUT2D eigenvalue weighted by Gasteiger charge is 2.17. The molecule has 0 saturated carbocycles. The predicted molar refractivity (Wildman–Crippen MR) is 127 cm³/mol. The Morgan fingerprint density at radius 1 is 0.933 bits per heavy atom. The molecule has 0 fully saturated rings. The van der Waals surface area contributed by atoms with Crippen molar-refractivity contribution >= 4 is 10.8 Å². The first-order valence-electron chi connectivity index (χ1n) is 10.8. The van der Waals surface area contributed by atoms with Gasteiger partial charge < -0.3 is 0 Å². The molecular weight excluding hydrogens is 364 g/mol. The summed E-state index contributed by atoms with van der Waals surface area (Å²) in [5.74, 6) is 0.618. The molecule has 0 aliphatic heterocycles. The summed E-state index contributed by atoms with van der Waals surface area (Å²) in [6, 6.07) is 17.8. The lowest BCUT2D eigenvalue weighted by Crippen LogP contribution is -2.30. The van der Waals surface area contributed by atoms with Crippen molar-refractivity contribution in [1.29, 1.82) is 0 Å². The van der Waals surface area contributed by atoms with Crippen LogP contribution in [0.3, 0.4) is 0 Å². The Labute approximate surface area is 180 Å². The summed E-state index contributed by atoms with van der Waals surface area (Å²) < 4.78 is 2.26. The van der Waals surface area contributed by atoms with Gasteiger partial charge in [0.15, 0.2) is 6.20 Å². The number of aryl methyl sites for hydroxylation is 3. The van der Waals surface area contributed by atoms with Crippen molar-refractivity contribution in [1.82, 2.24) is 4.98 Å². The van der Waals surface area contributed by atoms with E-state index in [1.165, 1.54) is 49.8 Å². The van der Waals surface area contributed by atoms with Gasteiger partial charge >= 0.3 is 0 Å². The summed E-state index contributed by atoms with van der Waals surface area (Å²) >= 11 is 0. The van der Waals surface area contributed by atoms with Gasteiger partial charge in [-0.05, 0) is 67.3 Å². The van der Waals surface area contributed by atoms with E-state index >= 15 is 0 Å². The van der Waals surface area contributed by atoms with Crippen molar-refractivity contribution in [3.8, 4) is 22.4 Å². The molecule has 2 aromatic heterocycles. The van der Waals surface area contributed by atoms with E-state index in [-0.39, 0.29) is 0 Å². The Kier molecular flexibility index (Phi) is 5.42. The minimum absolute atomic E-state index is 0.618. The van der Waals surface area contributed by atoms with Gasteiger partial charge in [-0.2, -0.15) is 0 Å². The highest BCUT2D eigenvalue weighted by Crippen LogP contribution is 2.31. The first kappa shape index (κ1) is 20.3. The third-order valence-electron chi connectivity index (χ3n) is 5.98. The molecule has 0 N–H and O–H groups in total. The van der Waals surface area contributed by atoms with Crippen LogP contribution in [-0.4, -0.2) is 4.98 Å². The zero-order valence-corrected chi connectivity index (χ0v) is 19.0. The maximum atomic E-state index is 4.71. The van der Waals surface area contributed by atoms with Gasteiger partial charge in [-0.15, -0.1) is 0 Å². The lowest BCUT2D eigenvalue weighted by atomic mass is 9.95. The summed E-state index contributed by atoms with van der Waals surface area (Å²) in [6.45, 7) is 11.0. The first-order valence-corrected chi connectivity index (χ1v) is 10.8. The maximum absolute atomic E-state index is 4.71. The molecule has 2 aromatic carbocycles. The first-order chi connectivity index (χ1) is 14.3. The SMILES string of the molecule is Cc1cc(C)c(C)c(-c2cc3cccc(-c4ccc(CC(C)C)nc4)c3c[n+]2C)c1. The van der Waals surface area contributed by atoms with E-state index < -0.39 is 0 Å². The Balaban J connectivity index is 1.83. The molecule has 0 saturated heterocycles. The summed E-state index contributed by atoms with van der Waals surface area (Å²) in [4.78, 5) is 4.71. The molecule has 4 aromatic rings. The molecule has 0 atom stereocenters. The monoisotopic (exact) mass is 395 g/mol. The average Bonchev–Trinajstić information content (AvgIpc) is 2.70. The van der Waals surface area contributed by atoms with Crippen LogP contribution in [0.4, 0.5) is 0 Å². The molecule has 0 aliphatic carbocycles. The van der Waals surface area contributed by atoms with Gasteiger partial charge in [0, 0.05) is 29.1 Å². The Bertz CT molecular complexity index is 1220. The fourth-order valence-electron chi connectivity index (χ4n) is 4.31. The van der Waals surface area contributed by atoms with Crippen LogP contribution in [0.2, 0.25) is 0 Å². The van der Waals surface area contributed by atoms with E-state index in [0.29, 0.717) is 5.92 Å². The number of hydrogen-bond donors (Lipinski definition) is 0. The van der Waals surface area contributed by atoms with Crippen LogP contribution in [0.5, 0.6) is 0 Å². The van der Waals surface area contributed by atoms with Crippen molar-refractivity contribution in [3.05, 3.63) is 83.3 Å². The van der Waals surface area contributed by atoms with Gasteiger partial charge in [-0.25, -0.2) is 4.57 Å². The van der Waals surface area contributed by atoms with Gasteiger partial charge in [-0.1, -0.05) is 49.7 Å². The third kappa shape index (κ3) is 3.87. The molecule has 2 nitrogen and oxygen atoms in total. The maximum Gasteiger partial charge on any atom is 0.213 e. The predicted octanol–water partition coefficient (Wildman–Crippen LogP) is 6.52. The fourth-order valence-corrected chi connectivity index (χ4v) is 4.31. The van der Waals surface area contributed by atoms with E-state index in [1.807, 2.05) is 6.20 Å². The van der Waals surface area contributed by atoms with Gasteiger partial charge in [0.2, 0.25) is 5.69 Å². The summed E-state index contributed by atoms with van der Waals surface area (Å²) in [7, 11) is 2.15. The number of fused-ring (bicyclic) bond motifs is 1. The largest absolute Gasteiger partial charge is 0.261 e. The second kappa shape index (κ2) is 8.02. The van der Waals surface area contributed by atoms with E-state index in [2.05, 4.69) is 101 Å². The van der Waals surface area contributed by atoms with Crippen LogP contribution in [0.25, 0.3) is 33.2 Å². The molecule has 30 heavy (non-hydrogen) atoms. The zero-order chi connectivity index (χ0) is 21.4. The lowest BCUT2D eigenvalue weighted by Gasteiger charge is -2.12. The van der Waals surface area contributed by atoms with Crippen LogP contribution in [0.1, 0.15) is 36.2 Å². The van der Waals surface area contributed by atoms with Crippen LogP contribution in [0.15, 0.2) is 60.9 Å². The summed E-state index contributed by atoms with van der Waals surface area (Å²) in [6.07, 6.45) is 5.30. The second-order valence-electron chi connectivity index (χ2n) is 8.97. The second-order valence-corrected chi connectivity index (χ2v) is 8.97. The number of nitrogens with zero attached hydrogens (tertiary/aromatic N) is 2. The molecule has 4 rings (SSSR count). The van der Waals surface area contributed by atoms with Gasteiger partial charge in [0.05, 0.1) is 5.39 Å². The Morgan fingerprint density at radius 3 is 2.43 bits per heavy atom. The zero-order valence-electron chi connectivity index (χ0n) is 19.0. The molecule has 0 aliphatic rings. The molecule has 2 heterocycles. The minimum Gasteiger partial charge on any atom is -0.261 e. The van der Waals surface area contributed by atoms with Gasteiger partial charge in [-0.3, -0.25) is 4.98 Å². The van der Waals surface area contributed by atoms with E-state index in [9.17, 15) is 0 Å². The highest BCUT2D eigenvalue weighted by molar-refractivity contribution is 5.96. The highest BCUT2D eigenvalue weighted by atomic mass is 14.9. The minimum atomic E-state index is 0.618. The standard InChI is InChI=1S/C28H31N2/c1-18(2)12-24-11-10-23(16-29-24)25-9-7-8-22-15-28(30(6)17-27(22)25)26-14-19(3)13-20(4)21(26)5/h7-11,13-18H,12H2,1-6H3/q+1. The van der Waals surface area contributed by atoms with Crippen molar-refractivity contribution < 1.29 is 4.57 Å². The Hall–Kier alpha value is -3.00. The van der Waals surface area contributed by atoms with Crippen molar-refractivity contribution in [2.75, 3.05) is 0 Å². The van der Waals surface area contributed by atoms with Crippen LogP contribution >= 0.6 is 0 Å². The molecule has 0 spiro atoms. The number of rotatable bonds is 4. The lowest BCUT2D eigenvalue weighted by molar-refractivity contribution is -0.659. The van der Waals surface area contributed by atoms with E-state index in [1.54, 1.807) is 0 Å². The normalized spacial score (nSPS) is 11.4. The quantitative estimate of drug-likeness (QED) is 0.360. The smallest absolute Gasteiger partial charge is 0.213 e. The third-order valence-corrected chi connectivity index (χ3v) is 5.98. The molecule has 0 radical (unpaired) electrons. The topological polar surface area (TPSA) is 16.8 Å². The van der Waals surface area contributed by atoms with E-state index in [4.69, 9.17) is 4.98 Å².